The number of sulfonamides is 1. The van der Waals surface area contributed by atoms with Crippen LogP contribution < -0.4 is 0 Å². The molecule has 1 atom stereocenters. The molecule has 0 saturated carbocycles. The molecule has 7 nitrogen and oxygen atoms in total. The topological polar surface area (TPSA) is 108 Å². The van der Waals surface area contributed by atoms with E-state index in [2.05, 4.69) is 0 Å². The highest BCUT2D eigenvalue weighted by molar-refractivity contribution is 7.89. The van der Waals surface area contributed by atoms with Crippen molar-refractivity contribution in [3.8, 4) is 6.07 Å². The summed E-state index contributed by atoms with van der Waals surface area (Å²) in [4.78, 5) is 10.4. The van der Waals surface area contributed by atoms with Crippen LogP contribution in [0.5, 0.6) is 0 Å². The van der Waals surface area contributed by atoms with Crippen LogP contribution in [0.25, 0.3) is 0 Å². The molecular weight excluding hydrogens is 236 g/mol. The Morgan fingerprint density at radius 3 is 2.88 bits per heavy atom. The third kappa shape index (κ3) is 3.44. The summed E-state index contributed by atoms with van der Waals surface area (Å²) in [5.41, 5.74) is 0. The van der Waals surface area contributed by atoms with E-state index in [1.807, 2.05) is 0 Å². The third-order valence-electron chi connectivity index (χ3n) is 2.14. The van der Waals surface area contributed by atoms with Gasteiger partial charge in [0.1, 0.15) is 0 Å². The quantitative estimate of drug-likeness (QED) is 0.684. The van der Waals surface area contributed by atoms with Crippen LogP contribution >= 0.6 is 0 Å². The van der Waals surface area contributed by atoms with E-state index in [1.54, 1.807) is 6.07 Å². The van der Waals surface area contributed by atoms with Crippen molar-refractivity contribution in [3.63, 3.8) is 0 Å². The van der Waals surface area contributed by atoms with E-state index in [0.717, 1.165) is 4.31 Å². The Morgan fingerprint density at radius 2 is 2.31 bits per heavy atom. The number of nitriles is 1. The Bertz CT molecular complexity index is 399. The molecule has 8 heteroatoms. The van der Waals surface area contributed by atoms with Gasteiger partial charge in [-0.2, -0.15) is 9.57 Å². The fraction of sp³-hybridized carbons (Fsp3) is 0.750. The summed E-state index contributed by atoms with van der Waals surface area (Å²) in [6.45, 7) is 0.319. The summed E-state index contributed by atoms with van der Waals surface area (Å²) in [5, 5.41) is 16.9. The van der Waals surface area contributed by atoms with Crippen molar-refractivity contribution in [2.75, 3.05) is 25.4 Å². The molecule has 0 aromatic heterocycles. The summed E-state index contributed by atoms with van der Waals surface area (Å²) >= 11 is 0. The van der Waals surface area contributed by atoms with E-state index >= 15 is 0 Å². The Hall–Kier alpha value is -1.17. The summed E-state index contributed by atoms with van der Waals surface area (Å²) < 4.78 is 29.3. The van der Waals surface area contributed by atoms with E-state index in [0.29, 0.717) is 0 Å². The molecule has 1 fully saturated rings. The van der Waals surface area contributed by atoms with Crippen LogP contribution in [0, 0.1) is 11.3 Å². The van der Waals surface area contributed by atoms with Gasteiger partial charge in [0, 0.05) is 13.1 Å². The van der Waals surface area contributed by atoms with Crippen LogP contribution in [-0.4, -0.2) is 55.4 Å². The van der Waals surface area contributed by atoms with Gasteiger partial charge in [-0.3, -0.25) is 4.79 Å². The van der Waals surface area contributed by atoms with Crippen molar-refractivity contribution in [1.82, 2.24) is 4.31 Å². The van der Waals surface area contributed by atoms with Gasteiger partial charge in [0.2, 0.25) is 10.0 Å². The SMILES string of the molecule is N#CCS(=O)(=O)N1CCOC(CC(=O)O)C1. The average molecular weight is 248 g/mol. The predicted molar refractivity (Wildman–Crippen MR) is 53.0 cm³/mol. The minimum atomic E-state index is -3.60. The Kier molecular flexibility index (Phi) is 4.23. The van der Waals surface area contributed by atoms with Crippen molar-refractivity contribution in [3.05, 3.63) is 0 Å². The lowest BCUT2D eigenvalue weighted by Gasteiger charge is -2.30. The number of nitrogens with zero attached hydrogens (tertiary/aromatic N) is 2. The van der Waals surface area contributed by atoms with Crippen LogP contribution in [0.2, 0.25) is 0 Å². The normalized spacial score (nSPS) is 22.6. The van der Waals surface area contributed by atoms with Gasteiger partial charge in [0.05, 0.1) is 25.2 Å². The first kappa shape index (κ1) is 12.9. The standard InChI is InChI=1S/C8H12N2O5S/c9-1-4-16(13,14)10-2-3-15-7(6-10)5-8(11)12/h7H,2-6H2,(H,11,12). The Balaban J connectivity index is 2.64. The lowest BCUT2D eigenvalue weighted by Crippen LogP contribution is -2.46. The van der Waals surface area contributed by atoms with Crippen LogP contribution in [0.15, 0.2) is 0 Å². The molecule has 1 unspecified atom stereocenters. The summed E-state index contributed by atoms with van der Waals surface area (Å²) in [7, 11) is -3.60. The molecule has 1 aliphatic heterocycles. The maximum absolute atomic E-state index is 11.5. The lowest BCUT2D eigenvalue weighted by atomic mass is 10.2. The predicted octanol–water partition coefficient (Wildman–Crippen LogP) is -0.985. The molecule has 1 saturated heterocycles. The maximum atomic E-state index is 11.5. The van der Waals surface area contributed by atoms with Crippen molar-refractivity contribution < 1.29 is 23.1 Å². The molecule has 1 aliphatic rings. The zero-order valence-corrected chi connectivity index (χ0v) is 9.31. The van der Waals surface area contributed by atoms with E-state index < -0.39 is 27.8 Å². The monoisotopic (exact) mass is 248 g/mol. The zero-order valence-electron chi connectivity index (χ0n) is 8.50. The van der Waals surface area contributed by atoms with Crippen LogP contribution in [0.4, 0.5) is 0 Å². The summed E-state index contributed by atoms with van der Waals surface area (Å²) in [6, 6.07) is 1.57. The first-order chi connectivity index (χ1) is 7.45. The van der Waals surface area contributed by atoms with Gasteiger partial charge in [-0.25, -0.2) is 8.42 Å². The van der Waals surface area contributed by atoms with E-state index in [9.17, 15) is 13.2 Å². The highest BCUT2D eigenvalue weighted by atomic mass is 32.2. The zero-order chi connectivity index (χ0) is 12.2. The van der Waals surface area contributed by atoms with Crippen molar-refractivity contribution in [1.29, 1.82) is 5.26 Å². The van der Waals surface area contributed by atoms with Gasteiger partial charge in [0.15, 0.2) is 5.75 Å². The molecule has 0 aliphatic carbocycles. The number of carboxylic acids is 1. The average Bonchev–Trinajstić information content (AvgIpc) is 2.17. The van der Waals surface area contributed by atoms with Gasteiger partial charge in [-0.05, 0) is 0 Å². The van der Waals surface area contributed by atoms with Crippen molar-refractivity contribution >= 4 is 16.0 Å². The van der Waals surface area contributed by atoms with Gasteiger partial charge in [-0.15, -0.1) is 0 Å². The van der Waals surface area contributed by atoms with E-state index in [4.69, 9.17) is 15.1 Å². The molecule has 1 N–H and O–H groups in total. The number of ether oxygens (including phenoxy) is 1. The number of aliphatic carboxylic acids is 1. The second-order valence-corrected chi connectivity index (χ2v) is 5.33. The molecular formula is C8H12N2O5S. The second kappa shape index (κ2) is 5.25. The molecule has 0 aromatic carbocycles. The number of morpholine rings is 1. The largest absolute Gasteiger partial charge is 0.481 e. The van der Waals surface area contributed by atoms with Gasteiger partial charge in [0.25, 0.3) is 0 Å². The second-order valence-electron chi connectivity index (χ2n) is 3.36. The van der Waals surface area contributed by atoms with Gasteiger partial charge >= 0.3 is 5.97 Å². The lowest BCUT2D eigenvalue weighted by molar-refractivity contribution is -0.141. The molecule has 1 heterocycles. The number of hydrogen-bond acceptors (Lipinski definition) is 5. The van der Waals surface area contributed by atoms with Crippen molar-refractivity contribution in [2.24, 2.45) is 0 Å². The fourth-order valence-electron chi connectivity index (χ4n) is 1.44. The third-order valence-corrected chi connectivity index (χ3v) is 3.76. The highest BCUT2D eigenvalue weighted by Gasteiger charge is 2.30. The first-order valence-corrected chi connectivity index (χ1v) is 6.25. The molecule has 1 rings (SSSR count). The summed E-state index contributed by atoms with van der Waals surface area (Å²) in [5.74, 6) is -1.63. The van der Waals surface area contributed by atoms with Crippen LogP contribution in [-0.2, 0) is 19.6 Å². The minimum absolute atomic E-state index is 0.00366. The number of hydrogen-bond donors (Lipinski definition) is 1. The van der Waals surface area contributed by atoms with Crippen molar-refractivity contribution in [2.45, 2.75) is 12.5 Å². The summed E-state index contributed by atoms with van der Waals surface area (Å²) in [6.07, 6.45) is -0.877. The van der Waals surface area contributed by atoms with E-state index in [1.165, 1.54) is 0 Å². The van der Waals surface area contributed by atoms with Gasteiger partial charge < -0.3 is 9.84 Å². The first-order valence-electron chi connectivity index (χ1n) is 4.64. The number of carbonyl (C=O) groups is 1. The molecule has 16 heavy (non-hydrogen) atoms. The number of rotatable bonds is 4. The molecule has 90 valence electrons. The Morgan fingerprint density at radius 1 is 1.62 bits per heavy atom. The molecule has 0 spiro atoms. The van der Waals surface area contributed by atoms with E-state index in [-0.39, 0.29) is 26.1 Å². The minimum Gasteiger partial charge on any atom is -0.481 e. The Labute approximate surface area is 93.3 Å². The highest BCUT2D eigenvalue weighted by Crippen LogP contribution is 2.12. The fourth-order valence-corrected chi connectivity index (χ4v) is 2.53. The number of carboxylic acid groups (broad SMARTS) is 1. The van der Waals surface area contributed by atoms with Gasteiger partial charge in [-0.1, -0.05) is 0 Å². The van der Waals surface area contributed by atoms with Crippen LogP contribution in [0.1, 0.15) is 6.42 Å². The molecule has 0 aromatic rings. The smallest absolute Gasteiger partial charge is 0.306 e. The maximum Gasteiger partial charge on any atom is 0.306 e. The van der Waals surface area contributed by atoms with Crippen LogP contribution in [0.3, 0.4) is 0 Å². The molecule has 0 bridgehead atoms. The molecule has 0 radical (unpaired) electrons. The molecule has 0 amide bonds.